The van der Waals surface area contributed by atoms with Crippen molar-refractivity contribution in [3.8, 4) is 0 Å². The molecule has 0 fully saturated rings. The van der Waals surface area contributed by atoms with Crippen molar-refractivity contribution >= 4 is 22.3 Å². The van der Waals surface area contributed by atoms with Crippen LogP contribution in [0.25, 0.3) is 10.8 Å². The Labute approximate surface area is 107 Å². The Morgan fingerprint density at radius 3 is 2.83 bits per heavy atom. The molecule has 2 rings (SSSR count). The van der Waals surface area contributed by atoms with Gasteiger partial charge in [-0.2, -0.15) is 0 Å². The van der Waals surface area contributed by atoms with Crippen molar-refractivity contribution in [2.24, 2.45) is 0 Å². The molecule has 0 aliphatic heterocycles. The van der Waals surface area contributed by atoms with Crippen LogP contribution in [-0.2, 0) is 0 Å². The summed E-state index contributed by atoms with van der Waals surface area (Å²) in [7, 11) is 3.85. The van der Waals surface area contributed by atoms with Gasteiger partial charge in [-0.05, 0) is 12.5 Å². The van der Waals surface area contributed by atoms with E-state index in [2.05, 4.69) is 29.4 Å². The molecule has 4 heteroatoms. The second kappa shape index (κ2) is 5.23. The van der Waals surface area contributed by atoms with Gasteiger partial charge in [0.05, 0.1) is 18.5 Å². The predicted molar refractivity (Wildman–Crippen MR) is 76.4 cm³/mol. The lowest BCUT2D eigenvalue weighted by atomic mass is 10.0. The molecular weight excluding hydrogens is 226 g/mol. The number of aromatic nitrogens is 1. The summed E-state index contributed by atoms with van der Waals surface area (Å²) in [6.07, 6.45) is 1.85. The Morgan fingerprint density at radius 2 is 2.17 bits per heavy atom. The molecule has 1 aromatic heterocycles. The third-order valence-corrected chi connectivity index (χ3v) is 3.17. The summed E-state index contributed by atoms with van der Waals surface area (Å²) in [4.78, 5) is 6.46. The molecule has 0 spiro atoms. The van der Waals surface area contributed by atoms with Gasteiger partial charge < -0.3 is 15.3 Å². The fourth-order valence-corrected chi connectivity index (χ4v) is 2.22. The number of hydrogen-bond acceptors (Lipinski definition) is 4. The van der Waals surface area contributed by atoms with E-state index in [0.717, 1.165) is 16.9 Å². The molecular formula is C14H19N3O. The van der Waals surface area contributed by atoms with Crippen molar-refractivity contribution in [2.75, 3.05) is 37.5 Å². The van der Waals surface area contributed by atoms with Gasteiger partial charge in [0, 0.05) is 31.4 Å². The Morgan fingerprint density at radius 1 is 1.39 bits per heavy atom. The minimum absolute atomic E-state index is 0.124. The number of nitrogens with one attached hydrogen (secondary N) is 1. The van der Waals surface area contributed by atoms with Gasteiger partial charge in [0.2, 0.25) is 0 Å². The molecule has 0 saturated carbocycles. The number of aliphatic hydroxyl groups excluding tert-OH is 1. The maximum absolute atomic E-state index is 9.04. The zero-order valence-electron chi connectivity index (χ0n) is 11.1. The minimum atomic E-state index is 0.124. The number of pyridine rings is 1. The zero-order valence-corrected chi connectivity index (χ0v) is 11.1. The third kappa shape index (κ3) is 2.11. The van der Waals surface area contributed by atoms with E-state index in [0.29, 0.717) is 6.54 Å². The fourth-order valence-electron chi connectivity index (χ4n) is 2.22. The Hall–Kier alpha value is -1.81. The molecule has 0 radical (unpaired) electrons. The number of fused-ring (bicyclic) bond motifs is 1. The zero-order chi connectivity index (χ0) is 13.1. The lowest BCUT2D eigenvalue weighted by Gasteiger charge is -2.20. The van der Waals surface area contributed by atoms with Gasteiger partial charge in [-0.1, -0.05) is 18.2 Å². The fraction of sp³-hybridized carbons (Fsp3) is 0.357. The molecule has 0 saturated heterocycles. The van der Waals surface area contributed by atoms with E-state index in [4.69, 9.17) is 5.11 Å². The highest BCUT2D eigenvalue weighted by atomic mass is 16.3. The average molecular weight is 245 g/mol. The topological polar surface area (TPSA) is 48.4 Å². The van der Waals surface area contributed by atoms with E-state index in [1.54, 1.807) is 0 Å². The van der Waals surface area contributed by atoms with Crippen LogP contribution < -0.4 is 10.2 Å². The molecule has 18 heavy (non-hydrogen) atoms. The van der Waals surface area contributed by atoms with Crippen LogP contribution in [0.5, 0.6) is 0 Å². The minimum Gasteiger partial charge on any atom is -0.395 e. The van der Waals surface area contributed by atoms with E-state index in [9.17, 15) is 0 Å². The number of anilines is 2. The lowest BCUT2D eigenvalue weighted by Crippen LogP contribution is -2.22. The molecule has 0 atom stereocenters. The van der Waals surface area contributed by atoms with Gasteiger partial charge >= 0.3 is 0 Å². The number of aryl methyl sites for hydroxylation is 1. The summed E-state index contributed by atoms with van der Waals surface area (Å²) in [5.41, 5.74) is 2.25. The molecule has 1 aromatic carbocycles. The van der Waals surface area contributed by atoms with Crippen LogP contribution in [0.1, 0.15) is 5.56 Å². The first-order valence-electron chi connectivity index (χ1n) is 6.07. The number of benzene rings is 1. The van der Waals surface area contributed by atoms with Gasteiger partial charge in [0.25, 0.3) is 0 Å². The van der Waals surface area contributed by atoms with Gasteiger partial charge in [-0.25, -0.2) is 4.98 Å². The smallest absolute Gasteiger partial charge is 0.136 e. The lowest BCUT2D eigenvalue weighted by molar-refractivity contribution is 0.304. The van der Waals surface area contributed by atoms with Crippen molar-refractivity contribution in [2.45, 2.75) is 6.92 Å². The molecule has 1 heterocycles. The number of likely N-dealkylation sites (N-methyl/N-ethyl adjacent to an activating group) is 1. The predicted octanol–water partition coefficient (Wildman–Crippen LogP) is 2.01. The van der Waals surface area contributed by atoms with E-state index in [1.807, 2.05) is 31.3 Å². The molecule has 96 valence electrons. The Balaban J connectivity index is 2.67. The van der Waals surface area contributed by atoms with E-state index in [-0.39, 0.29) is 6.61 Å². The summed E-state index contributed by atoms with van der Waals surface area (Å²) in [5.74, 6) is 0.904. The number of hydrogen-bond donors (Lipinski definition) is 2. The molecule has 4 nitrogen and oxygen atoms in total. The van der Waals surface area contributed by atoms with E-state index < -0.39 is 0 Å². The van der Waals surface area contributed by atoms with Gasteiger partial charge in [0.15, 0.2) is 0 Å². The summed E-state index contributed by atoms with van der Waals surface area (Å²) < 4.78 is 0. The van der Waals surface area contributed by atoms with Gasteiger partial charge in [0.1, 0.15) is 5.82 Å². The first kappa shape index (κ1) is 12.6. The standard InChI is InChI=1S/C14H19N3O/c1-10-5-4-6-11-13(10)12(15-2)9-16-14(11)17(3)7-8-18/h4-6,9,15,18H,7-8H2,1-3H3. The first-order valence-corrected chi connectivity index (χ1v) is 6.07. The molecule has 0 amide bonds. The maximum Gasteiger partial charge on any atom is 0.136 e. The second-order valence-corrected chi connectivity index (χ2v) is 4.39. The summed E-state index contributed by atoms with van der Waals surface area (Å²) in [5, 5.41) is 14.5. The van der Waals surface area contributed by atoms with Crippen molar-refractivity contribution in [1.29, 1.82) is 0 Å². The largest absolute Gasteiger partial charge is 0.395 e. The summed E-state index contributed by atoms with van der Waals surface area (Å²) >= 11 is 0. The Bertz CT molecular complexity index is 554. The SMILES string of the molecule is CNc1cnc(N(C)CCO)c2cccc(C)c12. The van der Waals surface area contributed by atoms with Crippen molar-refractivity contribution < 1.29 is 5.11 Å². The number of nitrogens with zero attached hydrogens (tertiary/aromatic N) is 2. The van der Waals surface area contributed by atoms with Crippen LogP contribution in [0, 0.1) is 6.92 Å². The summed E-state index contributed by atoms with van der Waals surface area (Å²) in [6, 6.07) is 6.20. The van der Waals surface area contributed by atoms with Gasteiger partial charge in [-0.3, -0.25) is 0 Å². The molecule has 2 aromatic rings. The van der Waals surface area contributed by atoms with Crippen LogP contribution in [-0.4, -0.2) is 37.3 Å². The quantitative estimate of drug-likeness (QED) is 0.865. The molecule has 0 unspecified atom stereocenters. The average Bonchev–Trinajstić information content (AvgIpc) is 2.38. The van der Waals surface area contributed by atoms with Crippen LogP contribution in [0.3, 0.4) is 0 Å². The van der Waals surface area contributed by atoms with Crippen LogP contribution in [0.15, 0.2) is 24.4 Å². The van der Waals surface area contributed by atoms with Crippen molar-refractivity contribution in [3.05, 3.63) is 30.0 Å². The second-order valence-electron chi connectivity index (χ2n) is 4.39. The monoisotopic (exact) mass is 245 g/mol. The number of rotatable bonds is 4. The first-order chi connectivity index (χ1) is 8.69. The highest BCUT2D eigenvalue weighted by Gasteiger charge is 2.11. The molecule has 0 aliphatic rings. The van der Waals surface area contributed by atoms with Crippen molar-refractivity contribution in [3.63, 3.8) is 0 Å². The van der Waals surface area contributed by atoms with Gasteiger partial charge in [-0.15, -0.1) is 0 Å². The van der Waals surface area contributed by atoms with Crippen molar-refractivity contribution in [1.82, 2.24) is 4.98 Å². The summed E-state index contributed by atoms with van der Waals surface area (Å²) in [6.45, 7) is 2.80. The number of aliphatic hydroxyl groups is 1. The van der Waals surface area contributed by atoms with Crippen LogP contribution >= 0.6 is 0 Å². The normalized spacial score (nSPS) is 10.7. The van der Waals surface area contributed by atoms with E-state index in [1.165, 1.54) is 10.9 Å². The highest BCUT2D eigenvalue weighted by Crippen LogP contribution is 2.31. The third-order valence-electron chi connectivity index (χ3n) is 3.17. The molecule has 0 aliphatic carbocycles. The maximum atomic E-state index is 9.04. The van der Waals surface area contributed by atoms with Crippen LogP contribution in [0.2, 0.25) is 0 Å². The molecule has 2 N–H and O–H groups in total. The van der Waals surface area contributed by atoms with E-state index >= 15 is 0 Å². The highest BCUT2D eigenvalue weighted by molar-refractivity contribution is 6.02. The Kier molecular flexibility index (Phi) is 3.67. The molecule has 0 bridgehead atoms. The van der Waals surface area contributed by atoms with Crippen LogP contribution in [0.4, 0.5) is 11.5 Å².